The molecule has 1 saturated carbocycles. The van der Waals surface area contributed by atoms with Crippen LogP contribution in [0.1, 0.15) is 39.0 Å². The van der Waals surface area contributed by atoms with Crippen LogP contribution in [0.2, 0.25) is 6.32 Å². The van der Waals surface area contributed by atoms with Crippen LogP contribution >= 0.6 is 0 Å². The minimum atomic E-state index is -1.37. The van der Waals surface area contributed by atoms with Gasteiger partial charge in [0.05, 0.1) is 0 Å². The third-order valence-electron chi connectivity index (χ3n) is 4.38. The molecule has 1 amide bonds. The molecule has 6 N–H and O–H groups in total. The molecule has 0 saturated heterocycles. The third-order valence-corrected chi connectivity index (χ3v) is 4.38. The smallest absolute Gasteiger partial charge is 0.451 e. The van der Waals surface area contributed by atoms with Crippen LogP contribution in [0.25, 0.3) is 0 Å². The summed E-state index contributed by atoms with van der Waals surface area (Å²) in [5.41, 5.74) is 4.72. The lowest BCUT2D eigenvalue weighted by Gasteiger charge is -2.41. The van der Waals surface area contributed by atoms with E-state index in [-0.39, 0.29) is 30.6 Å². The fourth-order valence-corrected chi connectivity index (χ4v) is 2.98. The number of amides is 1. The van der Waals surface area contributed by atoms with Gasteiger partial charge < -0.3 is 26.2 Å². The second-order valence-corrected chi connectivity index (χ2v) is 5.91. The van der Waals surface area contributed by atoms with E-state index in [1.54, 1.807) is 6.92 Å². The average molecular weight is 300 g/mol. The summed E-state index contributed by atoms with van der Waals surface area (Å²) < 4.78 is 0. The van der Waals surface area contributed by atoms with Gasteiger partial charge in [0.25, 0.3) is 0 Å². The second-order valence-electron chi connectivity index (χ2n) is 5.91. The lowest BCUT2D eigenvalue weighted by Crippen LogP contribution is -2.60. The van der Waals surface area contributed by atoms with Crippen LogP contribution in [0.5, 0.6) is 0 Å². The molecule has 120 valence electrons. The summed E-state index contributed by atoms with van der Waals surface area (Å²) in [7, 11) is -1.37. The summed E-state index contributed by atoms with van der Waals surface area (Å²) in [5.74, 6) is -1.42. The van der Waals surface area contributed by atoms with Gasteiger partial charge in [0.15, 0.2) is 0 Å². The number of carboxylic acid groups (broad SMARTS) is 1. The van der Waals surface area contributed by atoms with Crippen LogP contribution in [-0.4, -0.2) is 46.2 Å². The summed E-state index contributed by atoms with van der Waals surface area (Å²) in [6, 6.07) is 0. The number of carbonyl (C=O) groups is 2. The quantitative estimate of drug-likeness (QED) is 0.405. The normalized spacial score (nSPS) is 29.0. The fraction of sp³-hybridized carbons (Fsp3) is 0.846. The molecule has 1 aliphatic carbocycles. The second kappa shape index (κ2) is 7.77. The molecule has 0 bridgehead atoms. The highest BCUT2D eigenvalue weighted by Gasteiger charge is 2.46. The van der Waals surface area contributed by atoms with Gasteiger partial charge in [-0.2, -0.15) is 0 Å². The molecule has 0 heterocycles. The first-order chi connectivity index (χ1) is 9.79. The van der Waals surface area contributed by atoms with Crippen molar-refractivity contribution in [3.63, 3.8) is 0 Å². The minimum absolute atomic E-state index is 0.0611. The molecule has 0 aromatic heterocycles. The summed E-state index contributed by atoms with van der Waals surface area (Å²) in [5, 5.41) is 30.0. The first kappa shape index (κ1) is 17.9. The molecular formula is C13H25BN2O5. The number of hydrogen-bond donors (Lipinski definition) is 5. The molecule has 0 unspecified atom stereocenters. The Labute approximate surface area is 125 Å². The van der Waals surface area contributed by atoms with Crippen LogP contribution in [0, 0.1) is 11.8 Å². The molecule has 0 aliphatic heterocycles. The molecule has 3 atom stereocenters. The Morgan fingerprint density at radius 3 is 2.57 bits per heavy atom. The molecular weight excluding hydrogens is 275 g/mol. The zero-order valence-corrected chi connectivity index (χ0v) is 12.4. The van der Waals surface area contributed by atoms with Gasteiger partial charge in [-0.1, -0.05) is 13.3 Å². The molecule has 1 aliphatic rings. The summed E-state index contributed by atoms with van der Waals surface area (Å²) in [4.78, 5) is 22.9. The highest BCUT2D eigenvalue weighted by molar-refractivity contribution is 6.40. The van der Waals surface area contributed by atoms with E-state index in [9.17, 15) is 14.7 Å². The highest BCUT2D eigenvalue weighted by atomic mass is 16.4. The van der Waals surface area contributed by atoms with Gasteiger partial charge >= 0.3 is 13.1 Å². The molecule has 8 heteroatoms. The van der Waals surface area contributed by atoms with E-state index in [4.69, 9.17) is 15.8 Å². The Hall–Kier alpha value is -1.12. The lowest BCUT2D eigenvalue weighted by molar-refractivity contribution is -0.148. The van der Waals surface area contributed by atoms with E-state index in [2.05, 4.69) is 5.32 Å². The van der Waals surface area contributed by atoms with E-state index >= 15 is 0 Å². The fourth-order valence-electron chi connectivity index (χ4n) is 2.98. The van der Waals surface area contributed by atoms with Gasteiger partial charge in [-0.05, 0) is 31.5 Å². The first-order valence-corrected chi connectivity index (χ1v) is 7.44. The van der Waals surface area contributed by atoms with Crippen LogP contribution < -0.4 is 11.1 Å². The van der Waals surface area contributed by atoms with Crippen molar-refractivity contribution < 1.29 is 24.7 Å². The third kappa shape index (κ3) is 4.98. The number of aliphatic carboxylic acids is 1. The monoisotopic (exact) mass is 300 g/mol. The largest absolute Gasteiger partial charge is 0.480 e. The number of hydrogen-bond acceptors (Lipinski definition) is 5. The number of carbonyl (C=O) groups excluding carboxylic acids is 1. The summed E-state index contributed by atoms with van der Waals surface area (Å²) >= 11 is 0. The molecule has 7 nitrogen and oxygen atoms in total. The first-order valence-electron chi connectivity index (χ1n) is 7.44. The Morgan fingerprint density at radius 2 is 2.05 bits per heavy atom. The van der Waals surface area contributed by atoms with Crippen molar-refractivity contribution in [1.82, 2.24) is 5.32 Å². The molecule has 0 spiro atoms. The number of rotatable bonds is 7. The van der Waals surface area contributed by atoms with Crippen molar-refractivity contribution in [1.29, 1.82) is 0 Å². The maximum absolute atomic E-state index is 11.5. The van der Waals surface area contributed by atoms with Crippen molar-refractivity contribution >= 4 is 19.0 Å². The zero-order chi connectivity index (χ0) is 16.0. The summed E-state index contributed by atoms with van der Waals surface area (Å²) in [6.45, 7) is 2.00. The lowest BCUT2D eigenvalue weighted by atomic mass is 9.66. The Kier molecular flexibility index (Phi) is 6.63. The Morgan fingerprint density at radius 1 is 1.38 bits per heavy atom. The van der Waals surface area contributed by atoms with Crippen molar-refractivity contribution in [3.8, 4) is 0 Å². The van der Waals surface area contributed by atoms with Crippen LogP contribution in [0.15, 0.2) is 0 Å². The molecule has 21 heavy (non-hydrogen) atoms. The van der Waals surface area contributed by atoms with Crippen molar-refractivity contribution in [2.24, 2.45) is 17.6 Å². The zero-order valence-electron chi connectivity index (χ0n) is 12.4. The van der Waals surface area contributed by atoms with Crippen molar-refractivity contribution in [3.05, 3.63) is 0 Å². The van der Waals surface area contributed by atoms with Gasteiger partial charge in [-0.3, -0.25) is 9.59 Å². The number of nitrogens with two attached hydrogens (primary N) is 1. The van der Waals surface area contributed by atoms with Crippen LogP contribution in [0.3, 0.4) is 0 Å². The van der Waals surface area contributed by atoms with Crippen LogP contribution in [0.4, 0.5) is 0 Å². The van der Waals surface area contributed by atoms with E-state index in [1.165, 1.54) is 0 Å². The molecule has 1 fully saturated rings. The predicted molar refractivity (Wildman–Crippen MR) is 78.3 cm³/mol. The van der Waals surface area contributed by atoms with E-state index in [0.717, 1.165) is 6.42 Å². The van der Waals surface area contributed by atoms with Gasteiger partial charge in [0.1, 0.15) is 5.54 Å². The minimum Gasteiger partial charge on any atom is -0.480 e. The molecule has 0 radical (unpaired) electrons. The van der Waals surface area contributed by atoms with Crippen LogP contribution in [-0.2, 0) is 9.59 Å². The van der Waals surface area contributed by atoms with Gasteiger partial charge in [0.2, 0.25) is 5.91 Å². The highest BCUT2D eigenvalue weighted by Crippen LogP contribution is 2.37. The number of carboxylic acids is 1. The van der Waals surface area contributed by atoms with Gasteiger partial charge in [0, 0.05) is 18.9 Å². The maximum atomic E-state index is 11.5. The topological polar surface area (TPSA) is 133 Å². The predicted octanol–water partition coefficient (Wildman–Crippen LogP) is -0.426. The Balaban J connectivity index is 2.65. The van der Waals surface area contributed by atoms with Gasteiger partial charge in [-0.15, -0.1) is 0 Å². The average Bonchev–Trinajstić information content (AvgIpc) is 2.43. The van der Waals surface area contributed by atoms with E-state index < -0.39 is 18.6 Å². The van der Waals surface area contributed by atoms with E-state index in [0.29, 0.717) is 25.7 Å². The number of nitrogens with one attached hydrogen (secondary N) is 1. The van der Waals surface area contributed by atoms with Crippen molar-refractivity contribution in [2.75, 3.05) is 6.54 Å². The SMILES string of the molecule is CCC(=O)NC[C@@H]1CC[C@@H](CCB(O)O)C[C@]1(N)C(=O)O. The molecule has 0 aromatic rings. The molecule has 0 aromatic carbocycles. The van der Waals surface area contributed by atoms with Crippen molar-refractivity contribution in [2.45, 2.75) is 50.9 Å². The Bertz CT molecular complexity index is 380. The van der Waals surface area contributed by atoms with E-state index in [1.807, 2.05) is 0 Å². The standard InChI is InChI=1S/C13H25BN2O5/c1-2-11(17)16-8-10-4-3-9(5-6-14(20)21)7-13(10,15)12(18)19/h9-10,20-21H,2-8,15H2,1H3,(H,16,17)(H,18,19)/t9-,10-,13+/m0/s1. The molecule has 1 rings (SSSR count). The maximum Gasteiger partial charge on any atom is 0.451 e. The van der Waals surface area contributed by atoms with Gasteiger partial charge in [-0.25, -0.2) is 0 Å². The summed E-state index contributed by atoms with van der Waals surface area (Å²) in [6.07, 6.45) is 2.80.